The molecule has 4 aliphatic rings. The third-order valence-corrected chi connectivity index (χ3v) is 9.26. The minimum atomic E-state index is 0.461. The molecule has 0 heterocycles. The van der Waals surface area contributed by atoms with Crippen molar-refractivity contribution in [2.24, 2.45) is 46.3 Å². The first-order valence-corrected chi connectivity index (χ1v) is 10.4. The molecule has 0 radical (unpaired) electrons. The Morgan fingerprint density at radius 3 is 2.26 bits per heavy atom. The van der Waals surface area contributed by atoms with Crippen LogP contribution in [0.4, 0.5) is 0 Å². The van der Waals surface area contributed by atoms with Crippen LogP contribution < -0.4 is 0 Å². The van der Waals surface area contributed by atoms with Crippen LogP contribution >= 0.6 is 0 Å². The fourth-order valence-corrected chi connectivity index (χ4v) is 8.32. The number of nitrogens with one attached hydrogen (secondary N) is 1. The fraction of sp³-hybridized carbons (Fsp3) is 0.955. The lowest BCUT2D eigenvalue weighted by Crippen LogP contribution is -2.52. The number of fused-ring (bicyclic) bond motifs is 5. The van der Waals surface area contributed by atoms with Gasteiger partial charge in [-0.25, -0.2) is 0 Å². The Morgan fingerprint density at radius 2 is 1.52 bits per heavy atom. The van der Waals surface area contributed by atoms with Crippen molar-refractivity contribution < 1.29 is 0 Å². The summed E-state index contributed by atoms with van der Waals surface area (Å²) in [5.41, 5.74) is 2.09. The standard InChI is InChI=1S/C22H37N/c1-14-5-6-19-16-10-12-22(4)18(15(2)23)7-8-20(22)17(16)9-11-21(19,3)13-14/h14,16-20,23H,5-13H2,1-4H3. The van der Waals surface area contributed by atoms with Gasteiger partial charge in [-0.2, -0.15) is 0 Å². The van der Waals surface area contributed by atoms with Gasteiger partial charge in [0.05, 0.1) is 0 Å². The molecule has 0 amide bonds. The third-order valence-electron chi connectivity index (χ3n) is 9.26. The van der Waals surface area contributed by atoms with Crippen LogP contribution in [-0.4, -0.2) is 5.71 Å². The highest BCUT2D eigenvalue weighted by Gasteiger charge is 2.59. The lowest BCUT2D eigenvalue weighted by Gasteiger charge is -2.60. The minimum Gasteiger partial charge on any atom is -0.310 e. The molecule has 0 aromatic carbocycles. The van der Waals surface area contributed by atoms with E-state index in [1.54, 1.807) is 0 Å². The Bertz CT molecular complexity index is 496. The molecule has 8 unspecified atom stereocenters. The average Bonchev–Trinajstić information content (AvgIpc) is 2.83. The first-order chi connectivity index (χ1) is 10.8. The normalized spacial score (nSPS) is 55.7. The minimum absolute atomic E-state index is 0.461. The van der Waals surface area contributed by atoms with E-state index in [-0.39, 0.29) is 0 Å². The van der Waals surface area contributed by atoms with E-state index in [0.717, 1.165) is 35.3 Å². The van der Waals surface area contributed by atoms with E-state index in [9.17, 15) is 0 Å². The molecule has 130 valence electrons. The average molecular weight is 316 g/mol. The van der Waals surface area contributed by atoms with Gasteiger partial charge >= 0.3 is 0 Å². The van der Waals surface area contributed by atoms with Crippen LogP contribution in [0, 0.1) is 51.7 Å². The topological polar surface area (TPSA) is 23.9 Å². The van der Waals surface area contributed by atoms with Crippen LogP contribution in [0.2, 0.25) is 0 Å². The molecule has 1 heteroatoms. The van der Waals surface area contributed by atoms with Gasteiger partial charge in [-0.3, -0.25) is 0 Å². The lowest BCUT2D eigenvalue weighted by molar-refractivity contribution is -0.0986. The second kappa shape index (κ2) is 5.33. The van der Waals surface area contributed by atoms with Gasteiger partial charge in [0.15, 0.2) is 0 Å². The molecule has 1 nitrogen and oxygen atoms in total. The molecule has 0 aliphatic heterocycles. The zero-order valence-electron chi connectivity index (χ0n) is 15.8. The van der Waals surface area contributed by atoms with E-state index in [4.69, 9.17) is 5.41 Å². The quantitative estimate of drug-likeness (QED) is 0.547. The summed E-state index contributed by atoms with van der Waals surface area (Å²) in [6, 6.07) is 0. The van der Waals surface area contributed by atoms with E-state index in [1.165, 1.54) is 57.8 Å². The Hall–Kier alpha value is -0.330. The monoisotopic (exact) mass is 315 g/mol. The highest BCUT2D eigenvalue weighted by Crippen LogP contribution is 2.66. The van der Waals surface area contributed by atoms with Gasteiger partial charge < -0.3 is 5.41 Å². The van der Waals surface area contributed by atoms with Crippen LogP contribution in [0.25, 0.3) is 0 Å². The van der Waals surface area contributed by atoms with Gasteiger partial charge in [-0.1, -0.05) is 27.2 Å². The molecule has 4 fully saturated rings. The summed E-state index contributed by atoms with van der Waals surface area (Å²) in [5.74, 6) is 5.50. The third kappa shape index (κ3) is 2.28. The van der Waals surface area contributed by atoms with Crippen LogP contribution in [0.15, 0.2) is 0 Å². The van der Waals surface area contributed by atoms with Crippen molar-refractivity contribution in [2.75, 3.05) is 0 Å². The van der Waals surface area contributed by atoms with Crippen LogP contribution in [0.5, 0.6) is 0 Å². The predicted octanol–water partition coefficient (Wildman–Crippen LogP) is 6.32. The molecule has 0 aromatic rings. The van der Waals surface area contributed by atoms with Gasteiger partial charge in [0.2, 0.25) is 0 Å². The van der Waals surface area contributed by atoms with E-state index in [1.807, 2.05) is 0 Å². The summed E-state index contributed by atoms with van der Waals surface area (Å²) < 4.78 is 0. The Balaban J connectivity index is 1.60. The van der Waals surface area contributed by atoms with Crippen molar-refractivity contribution in [3.63, 3.8) is 0 Å². The Kier molecular flexibility index (Phi) is 3.75. The summed E-state index contributed by atoms with van der Waals surface area (Å²) in [7, 11) is 0. The highest BCUT2D eigenvalue weighted by molar-refractivity contribution is 5.82. The van der Waals surface area contributed by atoms with Crippen molar-refractivity contribution in [2.45, 2.75) is 85.5 Å². The van der Waals surface area contributed by atoms with E-state index in [0.29, 0.717) is 16.7 Å². The largest absolute Gasteiger partial charge is 0.310 e. The molecule has 0 bridgehead atoms. The van der Waals surface area contributed by atoms with Crippen molar-refractivity contribution >= 4 is 5.71 Å². The fourth-order valence-electron chi connectivity index (χ4n) is 8.32. The summed E-state index contributed by atoms with van der Waals surface area (Å²) in [4.78, 5) is 0. The summed E-state index contributed by atoms with van der Waals surface area (Å²) in [5, 5.41) is 8.27. The van der Waals surface area contributed by atoms with Crippen molar-refractivity contribution in [1.82, 2.24) is 0 Å². The first kappa shape index (κ1) is 16.2. The van der Waals surface area contributed by atoms with Gasteiger partial charge in [0, 0.05) is 11.6 Å². The second-order valence-electron chi connectivity index (χ2n) is 10.5. The maximum absolute atomic E-state index is 8.27. The van der Waals surface area contributed by atoms with Crippen molar-refractivity contribution in [1.29, 1.82) is 5.41 Å². The van der Waals surface area contributed by atoms with Gasteiger partial charge in [-0.15, -0.1) is 0 Å². The van der Waals surface area contributed by atoms with Gasteiger partial charge in [0.25, 0.3) is 0 Å². The van der Waals surface area contributed by atoms with Crippen LogP contribution in [0.3, 0.4) is 0 Å². The summed E-state index contributed by atoms with van der Waals surface area (Å²) >= 11 is 0. The summed E-state index contributed by atoms with van der Waals surface area (Å²) in [6.07, 6.45) is 13.1. The first-order valence-electron chi connectivity index (χ1n) is 10.4. The van der Waals surface area contributed by atoms with Crippen LogP contribution in [-0.2, 0) is 0 Å². The summed E-state index contributed by atoms with van der Waals surface area (Å²) in [6.45, 7) is 9.75. The molecule has 0 spiro atoms. The SMILES string of the molecule is CC(=N)C1CCC2C3CCC4(C)CC(C)CCC4C3CCC12C. The zero-order valence-corrected chi connectivity index (χ0v) is 15.8. The van der Waals surface area contributed by atoms with Crippen molar-refractivity contribution in [3.05, 3.63) is 0 Å². The van der Waals surface area contributed by atoms with Gasteiger partial charge in [-0.05, 0) is 98.7 Å². The molecule has 8 atom stereocenters. The molecular weight excluding hydrogens is 278 g/mol. The molecule has 0 aromatic heterocycles. The van der Waals surface area contributed by atoms with E-state index < -0.39 is 0 Å². The van der Waals surface area contributed by atoms with E-state index >= 15 is 0 Å². The Morgan fingerprint density at radius 1 is 0.870 bits per heavy atom. The molecule has 4 rings (SSSR count). The number of rotatable bonds is 1. The van der Waals surface area contributed by atoms with Gasteiger partial charge in [0.1, 0.15) is 0 Å². The van der Waals surface area contributed by atoms with Crippen molar-refractivity contribution in [3.8, 4) is 0 Å². The molecule has 4 saturated carbocycles. The smallest absolute Gasteiger partial charge is 0.00946 e. The van der Waals surface area contributed by atoms with E-state index in [2.05, 4.69) is 27.7 Å². The molecule has 0 saturated heterocycles. The lowest BCUT2D eigenvalue weighted by atomic mass is 9.45. The highest BCUT2D eigenvalue weighted by atomic mass is 14.6. The maximum atomic E-state index is 8.27. The molecule has 4 aliphatic carbocycles. The number of hydrogen-bond donors (Lipinski definition) is 1. The second-order valence-corrected chi connectivity index (χ2v) is 10.5. The molecule has 1 N–H and O–H groups in total. The zero-order chi connectivity index (χ0) is 16.4. The number of hydrogen-bond acceptors (Lipinski definition) is 1. The maximum Gasteiger partial charge on any atom is 0.00946 e. The van der Waals surface area contributed by atoms with Crippen LogP contribution in [0.1, 0.15) is 85.5 Å². The molecular formula is C22H37N. The Labute approximate surface area is 143 Å². The predicted molar refractivity (Wildman–Crippen MR) is 97.8 cm³/mol. The molecule has 23 heavy (non-hydrogen) atoms.